The Hall–Kier alpha value is -1.68. The minimum Gasteiger partial charge on any atom is -0.341 e. The molecule has 1 aromatic carbocycles. The fourth-order valence-electron chi connectivity index (χ4n) is 1.49. The lowest BCUT2D eigenvalue weighted by Crippen LogP contribution is -1.95. The van der Waals surface area contributed by atoms with E-state index < -0.39 is 0 Å². The average Bonchev–Trinajstić information content (AvgIpc) is 2.66. The number of aryl methyl sites for hydroxylation is 1. The van der Waals surface area contributed by atoms with Gasteiger partial charge < -0.3 is 10.7 Å². The van der Waals surface area contributed by atoms with Gasteiger partial charge in [-0.25, -0.2) is 9.37 Å². The first kappa shape index (κ1) is 9.86. The van der Waals surface area contributed by atoms with E-state index in [9.17, 15) is 4.39 Å². The van der Waals surface area contributed by atoms with Gasteiger partial charge in [-0.1, -0.05) is 0 Å². The van der Waals surface area contributed by atoms with E-state index in [4.69, 9.17) is 5.73 Å². The summed E-state index contributed by atoms with van der Waals surface area (Å²) in [5, 5.41) is 0. The number of benzene rings is 1. The second kappa shape index (κ2) is 3.82. The molecular formula is C11H12FN3. The summed E-state index contributed by atoms with van der Waals surface area (Å²) < 4.78 is 12.9. The molecule has 0 unspecified atom stereocenters. The van der Waals surface area contributed by atoms with Crippen molar-refractivity contribution in [2.75, 3.05) is 0 Å². The van der Waals surface area contributed by atoms with E-state index in [1.807, 2.05) is 6.92 Å². The SMILES string of the molecule is Cc1cc(F)ccc1-c1ncc(CN)[nH]1. The molecule has 0 atom stereocenters. The molecule has 15 heavy (non-hydrogen) atoms. The fraction of sp³-hybridized carbons (Fsp3) is 0.182. The van der Waals surface area contributed by atoms with Crippen molar-refractivity contribution in [2.45, 2.75) is 13.5 Å². The molecule has 3 N–H and O–H groups in total. The Morgan fingerprint density at radius 2 is 2.27 bits per heavy atom. The molecule has 0 aliphatic carbocycles. The summed E-state index contributed by atoms with van der Waals surface area (Å²) in [6.07, 6.45) is 1.69. The monoisotopic (exact) mass is 205 g/mol. The molecule has 0 spiro atoms. The van der Waals surface area contributed by atoms with Crippen molar-refractivity contribution in [3.05, 3.63) is 41.5 Å². The number of H-pyrrole nitrogens is 1. The quantitative estimate of drug-likeness (QED) is 0.787. The molecule has 4 heteroatoms. The number of hydrogen-bond acceptors (Lipinski definition) is 2. The first-order chi connectivity index (χ1) is 7.20. The zero-order valence-electron chi connectivity index (χ0n) is 8.42. The Kier molecular flexibility index (Phi) is 2.51. The highest BCUT2D eigenvalue weighted by Gasteiger charge is 2.06. The van der Waals surface area contributed by atoms with Crippen LogP contribution in [0.5, 0.6) is 0 Å². The van der Waals surface area contributed by atoms with Crippen molar-refractivity contribution in [1.29, 1.82) is 0 Å². The van der Waals surface area contributed by atoms with Crippen molar-refractivity contribution in [1.82, 2.24) is 9.97 Å². The fourth-order valence-corrected chi connectivity index (χ4v) is 1.49. The average molecular weight is 205 g/mol. The topological polar surface area (TPSA) is 54.7 Å². The van der Waals surface area contributed by atoms with Crippen LogP contribution in [0.3, 0.4) is 0 Å². The number of hydrogen-bond donors (Lipinski definition) is 2. The van der Waals surface area contributed by atoms with Crippen molar-refractivity contribution in [3.63, 3.8) is 0 Å². The van der Waals surface area contributed by atoms with E-state index >= 15 is 0 Å². The molecule has 78 valence electrons. The lowest BCUT2D eigenvalue weighted by atomic mass is 10.1. The minimum atomic E-state index is -0.234. The van der Waals surface area contributed by atoms with Crippen LogP contribution in [0.25, 0.3) is 11.4 Å². The number of rotatable bonds is 2. The van der Waals surface area contributed by atoms with E-state index in [1.54, 1.807) is 12.3 Å². The van der Waals surface area contributed by atoms with Gasteiger partial charge in [-0.15, -0.1) is 0 Å². The van der Waals surface area contributed by atoms with Gasteiger partial charge in [0.25, 0.3) is 0 Å². The summed E-state index contributed by atoms with van der Waals surface area (Å²) in [7, 11) is 0. The van der Waals surface area contributed by atoms with Crippen LogP contribution in [0.2, 0.25) is 0 Å². The van der Waals surface area contributed by atoms with E-state index in [0.717, 1.165) is 22.6 Å². The van der Waals surface area contributed by atoms with Crippen molar-refractivity contribution >= 4 is 0 Å². The third-order valence-corrected chi connectivity index (χ3v) is 2.29. The van der Waals surface area contributed by atoms with E-state index in [1.165, 1.54) is 12.1 Å². The summed E-state index contributed by atoms with van der Waals surface area (Å²) in [6.45, 7) is 2.27. The van der Waals surface area contributed by atoms with Crippen LogP contribution in [-0.2, 0) is 6.54 Å². The zero-order valence-corrected chi connectivity index (χ0v) is 8.42. The van der Waals surface area contributed by atoms with Crippen LogP contribution in [-0.4, -0.2) is 9.97 Å². The van der Waals surface area contributed by atoms with E-state index in [-0.39, 0.29) is 5.82 Å². The molecule has 0 aliphatic heterocycles. The summed E-state index contributed by atoms with van der Waals surface area (Å²) in [4.78, 5) is 7.27. The number of nitrogens with one attached hydrogen (secondary N) is 1. The van der Waals surface area contributed by atoms with Gasteiger partial charge in [0.1, 0.15) is 11.6 Å². The number of nitrogens with zero attached hydrogens (tertiary/aromatic N) is 1. The third kappa shape index (κ3) is 1.89. The molecule has 3 nitrogen and oxygen atoms in total. The highest BCUT2D eigenvalue weighted by Crippen LogP contribution is 2.20. The minimum absolute atomic E-state index is 0.234. The molecule has 0 bridgehead atoms. The first-order valence-electron chi connectivity index (χ1n) is 4.71. The Morgan fingerprint density at radius 1 is 1.47 bits per heavy atom. The second-order valence-electron chi connectivity index (χ2n) is 3.42. The van der Waals surface area contributed by atoms with Gasteiger partial charge in [0.2, 0.25) is 0 Å². The smallest absolute Gasteiger partial charge is 0.137 e. The molecule has 1 heterocycles. The largest absolute Gasteiger partial charge is 0.341 e. The molecule has 1 aromatic heterocycles. The lowest BCUT2D eigenvalue weighted by Gasteiger charge is -2.01. The van der Waals surface area contributed by atoms with E-state index in [2.05, 4.69) is 9.97 Å². The standard InChI is InChI=1S/C11H12FN3/c1-7-4-8(12)2-3-10(7)11-14-6-9(5-13)15-11/h2-4,6H,5,13H2,1H3,(H,14,15). The van der Waals surface area contributed by atoms with Gasteiger partial charge in [0.15, 0.2) is 0 Å². The van der Waals surface area contributed by atoms with E-state index in [0.29, 0.717) is 6.54 Å². The maximum absolute atomic E-state index is 12.9. The van der Waals surface area contributed by atoms with Crippen LogP contribution >= 0.6 is 0 Å². The van der Waals surface area contributed by atoms with Crippen LogP contribution in [0.1, 0.15) is 11.3 Å². The highest BCUT2D eigenvalue weighted by atomic mass is 19.1. The number of halogens is 1. The molecule has 0 aliphatic rings. The maximum atomic E-state index is 12.9. The predicted octanol–water partition coefficient (Wildman–Crippen LogP) is 1.98. The normalized spacial score (nSPS) is 10.6. The Labute approximate surface area is 87.2 Å². The molecular weight excluding hydrogens is 193 g/mol. The molecule has 0 saturated carbocycles. The van der Waals surface area contributed by atoms with Crippen LogP contribution < -0.4 is 5.73 Å². The molecule has 2 aromatic rings. The Morgan fingerprint density at radius 3 is 2.87 bits per heavy atom. The number of aromatic nitrogens is 2. The second-order valence-corrected chi connectivity index (χ2v) is 3.42. The molecule has 2 rings (SSSR count). The van der Waals surface area contributed by atoms with Gasteiger partial charge in [-0.3, -0.25) is 0 Å². The maximum Gasteiger partial charge on any atom is 0.137 e. The van der Waals surface area contributed by atoms with Crippen molar-refractivity contribution < 1.29 is 4.39 Å². The zero-order chi connectivity index (χ0) is 10.8. The predicted molar refractivity (Wildman–Crippen MR) is 56.6 cm³/mol. The number of imidazole rings is 1. The third-order valence-electron chi connectivity index (χ3n) is 2.29. The summed E-state index contributed by atoms with van der Waals surface area (Å²) in [5.74, 6) is 0.495. The number of aromatic amines is 1. The Bertz CT molecular complexity index is 476. The Balaban J connectivity index is 2.44. The van der Waals surface area contributed by atoms with Gasteiger partial charge in [-0.05, 0) is 30.7 Å². The van der Waals surface area contributed by atoms with Gasteiger partial charge >= 0.3 is 0 Å². The first-order valence-corrected chi connectivity index (χ1v) is 4.71. The lowest BCUT2D eigenvalue weighted by molar-refractivity contribution is 0.627. The van der Waals surface area contributed by atoms with Crippen molar-refractivity contribution in [3.8, 4) is 11.4 Å². The van der Waals surface area contributed by atoms with Crippen LogP contribution in [0.15, 0.2) is 24.4 Å². The summed E-state index contributed by atoms with van der Waals surface area (Å²) in [6, 6.07) is 4.62. The highest BCUT2D eigenvalue weighted by molar-refractivity contribution is 5.60. The summed E-state index contributed by atoms with van der Waals surface area (Å²) >= 11 is 0. The molecule has 0 amide bonds. The van der Waals surface area contributed by atoms with Gasteiger partial charge in [0.05, 0.1) is 0 Å². The molecule has 0 fully saturated rings. The number of nitrogens with two attached hydrogens (primary N) is 1. The molecule has 0 saturated heterocycles. The van der Waals surface area contributed by atoms with Gasteiger partial charge in [-0.2, -0.15) is 0 Å². The van der Waals surface area contributed by atoms with Crippen LogP contribution in [0.4, 0.5) is 4.39 Å². The van der Waals surface area contributed by atoms with Gasteiger partial charge in [0, 0.05) is 24.0 Å². The molecule has 0 radical (unpaired) electrons. The van der Waals surface area contributed by atoms with Crippen LogP contribution in [0, 0.1) is 12.7 Å². The summed E-state index contributed by atoms with van der Waals surface area (Å²) in [5.41, 5.74) is 8.10. The van der Waals surface area contributed by atoms with Crippen molar-refractivity contribution in [2.24, 2.45) is 5.73 Å².